The second-order valence-corrected chi connectivity index (χ2v) is 6.27. The highest BCUT2D eigenvalue weighted by molar-refractivity contribution is 7.07. The summed E-state index contributed by atoms with van der Waals surface area (Å²) in [6.07, 6.45) is 3.54. The van der Waals surface area contributed by atoms with E-state index >= 15 is 0 Å². The quantitative estimate of drug-likeness (QED) is 0.778. The van der Waals surface area contributed by atoms with Gasteiger partial charge in [0.25, 0.3) is 0 Å². The van der Waals surface area contributed by atoms with Crippen LogP contribution in [0.15, 0.2) is 16.8 Å². The van der Waals surface area contributed by atoms with E-state index in [1.54, 1.807) is 11.3 Å². The van der Waals surface area contributed by atoms with Crippen LogP contribution >= 0.6 is 11.3 Å². The predicted molar refractivity (Wildman–Crippen MR) is 81.9 cm³/mol. The lowest BCUT2D eigenvalue weighted by molar-refractivity contribution is 0.0856. The summed E-state index contributed by atoms with van der Waals surface area (Å²) in [5.41, 5.74) is 7.66. The Morgan fingerprint density at radius 2 is 2.17 bits per heavy atom. The fourth-order valence-corrected chi connectivity index (χ4v) is 3.23. The van der Waals surface area contributed by atoms with Gasteiger partial charge >= 0.3 is 0 Å². The minimum Gasteiger partial charge on any atom is -0.329 e. The van der Waals surface area contributed by atoms with Gasteiger partial charge in [-0.3, -0.25) is 4.90 Å². The zero-order valence-electron chi connectivity index (χ0n) is 12.3. The molecule has 0 bridgehead atoms. The predicted octanol–water partition coefficient (Wildman–Crippen LogP) is 3.72. The average molecular weight is 268 g/mol. The third-order valence-corrected chi connectivity index (χ3v) is 5.01. The summed E-state index contributed by atoms with van der Waals surface area (Å²) in [5.74, 6) is 0.735. The van der Waals surface area contributed by atoms with Crippen LogP contribution in [0.25, 0.3) is 0 Å². The molecule has 1 heterocycles. The van der Waals surface area contributed by atoms with Crippen LogP contribution < -0.4 is 5.73 Å². The molecule has 0 radical (unpaired) electrons. The first-order chi connectivity index (χ1) is 8.57. The number of hydrogen-bond donors (Lipinski definition) is 1. The van der Waals surface area contributed by atoms with Gasteiger partial charge in [-0.05, 0) is 48.2 Å². The molecule has 2 nitrogen and oxygen atoms in total. The number of thiophene rings is 1. The fourth-order valence-electron chi connectivity index (χ4n) is 2.57. The molecule has 0 aliphatic rings. The molecule has 0 aliphatic carbocycles. The number of likely N-dealkylation sites (N-methyl/N-ethyl adjacent to an activating group) is 1. The number of rotatable bonds is 8. The molecule has 3 heteroatoms. The number of hydrogen-bond acceptors (Lipinski definition) is 3. The Bertz CT molecular complexity index is 317. The van der Waals surface area contributed by atoms with Crippen molar-refractivity contribution in [2.45, 2.75) is 52.1 Å². The molecule has 2 N–H and O–H groups in total. The second-order valence-electron chi connectivity index (χ2n) is 5.49. The zero-order chi connectivity index (χ0) is 13.6. The van der Waals surface area contributed by atoms with E-state index in [9.17, 15) is 0 Å². The van der Waals surface area contributed by atoms with Gasteiger partial charge in [0.15, 0.2) is 0 Å². The van der Waals surface area contributed by atoms with Gasteiger partial charge in [0.05, 0.1) is 0 Å². The highest BCUT2D eigenvalue weighted by Gasteiger charge is 2.32. The van der Waals surface area contributed by atoms with Crippen LogP contribution in [0.2, 0.25) is 0 Å². The standard InChI is InChI=1S/C15H28N2S/c1-5-13(3)9-15(6-2,12-16)17(4)10-14-7-8-18-11-14/h7-8,11,13H,5-6,9-10,12,16H2,1-4H3. The van der Waals surface area contributed by atoms with Gasteiger partial charge in [-0.25, -0.2) is 0 Å². The molecule has 0 saturated heterocycles. The van der Waals surface area contributed by atoms with Crippen molar-refractivity contribution in [2.24, 2.45) is 11.7 Å². The molecule has 0 amide bonds. The lowest BCUT2D eigenvalue weighted by Crippen LogP contribution is -2.52. The van der Waals surface area contributed by atoms with Gasteiger partial charge in [0.1, 0.15) is 0 Å². The summed E-state index contributed by atoms with van der Waals surface area (Å²) < 4.78 is 0. The SMILES string of the molecule is CCC(C)CC(CC)(CN)N(C)Cc1ccsc1. The molecule has 1 aromatic rings. The summed E-state index contributed by atoms with van der Waals surface area (Å²) >= 11 is 1.77. The first-order valence-electron chi connectivity index (χ1n) is 7.00. The molecule has 0 saturated carbocycles. The van der Waals surface area contributed by atoms with Gasteiger partial charge in [-0.15, -0.1) is 0 Å². The Morgan fingerprint density at radius 3 is 2.61 bits per heavy atom. The van der Waals surface area contributed by atoms with Crippen molar-refractivity contribution in [2.75, 3.05) is 13.6 Å². The molecule has 2 atom stereocenters. The van der Waals surface area contributed by atoms with E-state index in [-0.39, 0.29) is 5.54 Å². The Morgan fingerprint density at radius 1 is 1.44 bits per heavy atom. The van der Waals surface area contributed by atoms with Crippen LogP contribution in [0.3, 0.4) is 0 Å². The van der Waals surface area contributed by atoms with Crippen LogP contribution in [0, 0.1) is 5.92 Å². The van der Waals surface area contributed by atoms with Gasteiger partial charge in [0.2, 0.25) is 0 Å². The van der Waals surface area contributed by atoms with Gasteiger partial charge in [-0.2, -0.15) is 11.3 Å². The first-order valence-corrected chi connectivity index (χ1v) is 7.94. The third kappa shape index (κ3) is 3.81. The lowest BCUT2D eigenvalue weighted by atomic mass is 9.83. The summed E-state index contributed by atoms with van der Waals surface area (Å²) in [6, 6.07) is 2.21. The van der Waals surface area contributed by atoms with Crippen LogP contribution in [-0.2, 0) is 6.54 Å². The van der Waals surface area contributed by atoms with E-state index in [4.69, 9.17) is 5.73 Å². The maximum Gasteiger partial charge on any atom is 0.0332 e. The molecule has 0 spiro atoms. The first kappa shape index (κ1) is 15.7. The van der Waals surface area contributed by atoms with Crippen LogP contribution in [0.1, 0.15) is 45.6 Å². The minimum atomic E-state index is 0.150. The smallest absolute Gasteiger partial charge is 0.0332 e. The van der Waals surface area contributed by atoms with Crippen molar-refractivity contribution in [1.29, 1.82) is 0 Å². The van der Waals surface area contributed by atoms with Crippen molar-refractivity contribution < 1.29 is 0 Å². The van der Waals surface area contributed by atoms with Gasteiger partial charge in [0, 0.05) is 18.6 Å². The maximum absolute atomic E-state index is 6.11. The normalized spacial score (nSPS) is 16.8. The molecule has 104 valence electrons. The van der Waals surface area contributed by atoms with E-state index in [0.717, 1.165) is 25.4 Å². The molecule has 0 aliphatic heterocycles. The molecule has 2 unspecified atom stereocenters. The summed E-state index contributed by atoms with van der Waals surface area (Å²) in [6.45, 7) is 8.61. The topological polar surface area (TPSA) is 29.3 Å². The Kier molecular flexibility index (Phi) is 6.33. The van der Waals surface area contributed by atoms with Crippen molar-refractivity contribution in [3.8, 4) is 0 Å². The molecule has 1 rings (SSSR count). The molecule has 18 heavy (non-hydrogen) atoms. The molecular weight excluding hydrogens is 240 g/mol. The van der Waals surface area contributed by atoms with Gasteiger partial charge < -0.3 is 5.73 Å². The molecule has 0 aromatic carbocycles. The van der Waals surface area contributed by atoms with Crippen molar-refractivity contribution in [1.82, 2.24) is 4.90 Å². The Balaban J connectivity index is 2.75. The molecule has 1 aromatic heterocycles. The van der Waals surface area contributed by atoms with E-state index in [1.165, 1.54) is 18.4 Å². The van der Waals surface area contributed by atoms with Crippen molar-refractivity contribution in [3.05, 3.63) is 22.4 Å². The average Bonchev–Trinajstić information content (AvgIpc) is 2.88. The molecule has 0 fully saturated rings. The third-order valence-electron chi connectivity index (χ3n) is 4.27. The lowest BCUT2D eigenvalue weighted by Gasteiger charge is -2.42. The monoisotopic (exact) mass is 268 g/mol. The number of nitrogens with two attached hydrogens (primary N) is 1. The molecular formula is C15H28N2S. The van der Waals surface area contributed by atoms with Gasteiger partial charge in [-0.1, -0.05) is 27.2 Å². The Labute approximate surface area is 116 Å². The minimum absolute atomic E-state index is 0.150. The van der Waals surface area contributed by atoms with Crippen LogP contribution in [-0.4, -0.2) is 24.0 Å². The van der Waals surface area contributed by atoms with Crippen molar-refractivity contribution in [3.63, 3.8) is 0 Å². The zero-order valence-corrected chi connectivity index (χ0v) is 13.1. The van der Waals surface area contributed by atoms with E-state index in [1.807, 2.05) is 0 Å². The van der Waals surface area contributed by atoms with E-state index in [2.05, 4.69) is 49.5 Å². The summed E-state index contributed by atoms with van der Waals surface area (Å²) in [7, 11) is 2.22. The Hall–Kier alpha value is -0.380. The largest absolute Gasteiger partial charge is 0.329 e. The van der Waals surface area contributed by atoms with E-state index < -0.39 is 0 Å². The fraction of sp³-hybridized carbons (Fsp3) is 0.733. The number of nitrogens with zero attached hydrogens (tertiary/aromatic N) is 1. The highest BCUT2D eigenvalue weighted by atomic mass is 32.1. The second kappa shape index (κ2) is 7.27. The van der Waals surface area contributed by atoms with Crippen LogP contribution in [0.4, 0.5) is 0 Å². The summed E-state index contributed by atoms with van der Waals surface area (Å²) in [4.78, 5) is 2.46. The van der Waals surface area contributed by atoms with Crippen molar-refractivity contribution >= 4 is 11.3 Å². The maximum atomic E-state index is 6.11. The van der Waals surface area contributed by atoms with E-state index in [0.29, 0.717) is 0 Å². The summed E-state index contributed by atoms with van der Waals surface area (Å²) in [5, 5.41) is 4.38. The van der Waals surface area contributed by atoms with Crippen LogP contribution in [0.5, 0.6) is 0 Å². The highest BCUT2D eigenvalue weighted by Crippen LogP contribution is 2.29.